The van der Waals surface area contributed by atoms with Gasteiger partial charge in [-0.2, -0.15) is 0 Å². The zero-order valence-electron chi connectivity index (χ0n) is 11.5. The van der Waals surface area contributed by atoms with Gasteiger partial charge in [0.25, 0.3) is 0 Å². The van der Waals surface area contributed by atoms with Gasteiger partial charge < -0.3 is 10.2 Å². The molecular weight excluding hydrogens is 324 g/mol. The molecule has 2 atom stereocenters. The Hall–Kier alpha value is -0.390. The van der Waals surface area contributed by atoms with Crippen molar-refractivity contribution in [1.29, 1.82) is 0 Å². The first-order valence-electron chi connectivity index (χ1n) is 6.84. The van der Waals surface area contributed by atoms with E-state index >= 15 is 0 Å². The van der Waals surface area contributed by atoms with Crippen LogP contribution in [0, 0.1) is 5.92 Å². The van der Waals surface area contributed by atoms with Gasteiger partial charge in [-0.3, -0.25) is 4.79 Å². The van der Waals surface area contributed by atoms with Crippen LogP contribution in [-0.4, -0.2) is 29.9 Å². The van der Waals surface area contributed by atoms with E-state index in [0.717, 1.165) is 26.1 Å². The number of nitrogens with zero attached hydrogens (tertiary/aromatic N) is 1. The monoisotopic (exact) mass is 344 g/mol. The number of halogens is 1. The van der Waals surface area contributed by atoms with Crippen LogP contribution in [0.2, 0.25) is 0 Å². The Morgan fingerprint density at radius 1 is 1.63 bits per heavy atom. The van der Waals surface area contributed by atoms with Crippen molar-refractivity contribution in [3.63, 3.8) is 0 Å². The molecule has 0 aliphatic carbocycles. The average molecular weight is 345 g/mol. The topological polar surface area (TPSA) is 32.3 Å². The Morgan fingerprint density at radius 2 is 2.42 bits per heavy atom. The number of hydrogen-bond acceptors (Lipinski definition) is 3. The van der Waals surface area contributed by atoms with Crippen LogP contribution in [0.4, 0.5) is 0 Å². The number of thiophene rings is 1. The smallest absolute Gasteiger partial charge is 0.222 e. The second-order valence-electron chi connectivity index (χ2n) is 5.21. The number of likely N-dealkylation sites (tertiary alicyclic amines) is 1. The van der Waals surface area contributed by atoms with E-state index in [9.17, 15) is 4.79 Å². The molecule has 5 heteroatoms. The zero-order chi connectivity index (χ0) is 13.8. The summed E-state index contributed by atoms with van der Waals surface area (Å²) in [7, 11) is 0. The number of piperidine rings is 1. The molecule has 0 aromatic carbocycles. The number of carbonyl (C=O) groups excluding carboxylic acids is 1. The summed E-state index contributed by atoms with van der Waals surface area (Å²) in [6.45, 7) is 6.86. The molecule has 2 rings (SSSR count). The van der Waals surface area contributed by atoms with Gasteiger partial charge in [-0.25, -0.2) is 0 Å². The fraction of sp³-hybridized carbons (Fsp3) is 0.643. The van der Waals surface area contributed by atoms with Crippen molar-refractivity contribution < 1.29 is 4.79 Å². The molecule has 1 aromatic rings. The van der Waals surface area contributed by atoms with Crippen LogP contribution < -0.4 is 5.32 Å². The molecule has 0 saturated carbocycles. The lowest BCUT2D eigenvalue weighted by atomic mass is 9.93. The molecule has 2 heterocycles. The first-order valence-corrected chi connectivity index (χ1v) is 8.51. The SMILES string of the molecule is CCC(=O)N1CC[C@H](NCc2csc(Br)c2)[C@@H](C)C1. The number of hydrogen-bond donors (Lipinski definition) is 1. The summed E-state index contributed by atoms with van der Waals surface area (Å²) in [6, 6.07) is 2.68. The Bertz CT molecular complexity index is 435. The van der Waals surface area contributed by atoms with E-state index in [1.165, 1.54) is 9.35 Å². The van der Waals surface area contributed by atoms with Gasteiger partial charge in [-0.15, -0.1) is 11.3 Å². The standard InChI is InChI=1S/C14H21BrN2OS/c1-3-14(18)17-5-4-12(10(2)8-17)16-7-11-6-13(15)19-9-11/h6,9-10,12,16H,3-5,7-8H2,1-2H3/t10-,12-/m0/s1. The summed E-state index contributed by atoms with van der Waals surface area (Å²) < 4.78 is 1.18. The first kappa shape index (κ1) is 15.0. The van der Waals surface area contributed by atoms with Crippen LogP contribution in [0.15, 0.2) is 15.2 Å². The van der Waals surface area contributed by atoms with E-state index in [-0.39, 0.29) is 5.91 Å². The molecule has 0 radical (unpaired) electrons. The lowest BCUT2D eigenvalue weighted by Crippen LogP contribution is -2.49. The van der Waals surface area contributed by atoms with E-state index in [0.29, 0.717) is 18.4 Å². The highest BCUT2D eigenvalue weighted by Gasteiger charge is 2.27. The normalized spacial score (nSPS) is 23.6. The zero-order valence-corrected chi connectivity index (χ0v) is 13.9. The summed E-state index contributed by atoms with van der Waals surface area (Å²) in [5.74, 6) is 0.804. The number of carbonyl (C=O) groups is 1. The fourth-order valence-electron chi connectivity index (χ4n) is 2.59. The molecule has 1 fully saturated rings. The highest BCUT2D eigenvalue weighted by Crippen LogP contribution is 2.22. The molecule has 1 saturated heterocycles. The summed E-state index contributed by atoms with van der Waals surface area (Å²) in [5.41, 5.74) is 1.33. The highest BCUT2D eigenvalue weighted by atomic mass is 79.9. The Labute approximate surface area is 127 Å². The van der Waals surface area contributed by atoms with Crippen molar-refractivity contribution in [2.75, 3.05) is 13.1 Å². The molecule has 1 aliphatic rings. The van der Waals surface area contributed by atoms with Gasteiger partial charge in [0.2, 0.25) is 5.91 Å². The van der Waals surface area contributed by atoms with E-state index in [2.05, 4.69) is 39.6 Å². The lowest BCUT2D eigenvalue weighted by molar-refractivity contribution is -0.132. The van der Waals surface area contributed by atoms with Crippen molar-refractivity contribution >= 4 is 33.2 Å². The Balaban J connectivity index is 1.81. The van der Waals surface area contributed by atoms with Crippen molar-refractivity contribution in [2.24, 2.45) is 5.92 Å². The van der Waals surface area contributed by atoms with Gasteiger partial charge in [-0.05, 0) is 45.3 Å². The number of nitrogens with one attached hydrogen (secondary N) is 1. The van der Waals surface area contributed by atoms with Crippen molar-refractivity contribution in [3.05, 3.63) is 20.8 Å². The summed E-state index contributed by atoms with van der Waals surface area (Å²) in [5, 5.41) is 5.80. The minimum Gasteiger partial charge on any atom is -0.342 e. The van der Waals surface area contributed by atoms with Gasteiger partial charge in [0.1, 0.15) is 0 Å². The largest absolute Gasteiger partial charge is 0.342 e. The van der Waals surface area contributed by atoms with Gasteiger partial charge in [0.15, 0.2) is 0 Å². The number of rotatable bonds is 4. The predicted octanol–water partition coefficient (Wildman–Crippen LogP) is 3.25. The molecule has 0 spiro atoms. The van der Waals surface area contributed by atoms with Crippen molar-refractivity contribution in [2.45, 2.75) is 39.3 Å². The minimum absolute atomic E-state index is 0.284. The second kappa shape index (κ2) is 6.86. The van der Waals surface area contributed by atoms with E-state index in [1.807, 2.05) is 11.8 Å². The molecular formula is C14H21BrN2OS. The van der Waals surface area contributed by atoms with Crippen LogP contribution in [0.3, 0.4) is 0 Å². The predicted molar refractivity (Wildman–Crippen MR) is 83.3 cm³/mol. The third-order valence-electron chi connectivity index (χ3n) is 3.75. The van der Waals surface area contributed by atoms with Gasteiger partial charge >= 0.3 is 0 Å². The van der Waals surface area contributed by atoms with Crippen LogP contribution >= 0.6 is 27.3 Å². The van der Waals surface area contributed by atoms with Crippen LogP contribution in [0.1, 0.15) is 32.3 Å². The quantitative estimate of drug-likeness (QED) is 0.909. The lowest BCUT2D eigenvalue weighted by Gasteiger charge is -2.37. The molecule has 19 heavy (non-hydrogen) atoms. The van der Waals surface area contributed by atoms with Crippen LogP contribution in [-0.2, 0) is 11.3 Å². The van der Waals surface area contributed by atoms with Crippen LogP contribution in [0.25, 0.3) is 0 Å². The van der Waals surface area contributed by atoms with Gasteiger partial charge in [0.05, 0.1) is 3.79 Å². The molecule has 1 amide bonds. The molecule has 0 bridgehead atoms. The average Bonchev–Trinajstić information content (AvgIpc) is 2.82. The van der Waals surface area contributed by atoms with Crippen LogP contribution in [0.5, 0.6) is 0 Å². The molecule has 1 aromatic heterocycles. The van der Waals surface area contributed by atoms with Crippen molar-refractivity contribution in [1.82, 2.24) is 10.2 Å². The second-order valence-corrected chi connectivity index (χ2v) is 7.50. The van der Waals surface area contributed by atoms with E-state index in [1.54, 1.807) is 11.3 Å². The maximum absolute atomic E-state index is 11.7. The molecule has 3 nitrogen and oxygen atoms in total. The maximum Gasteiger partial charge on any atom is 0.222 e. The van der Waals surface area contributed by atoms with Gasteiger partial charge in [0, 0.05) is 32.1 Å². The van der Waals surface area contributed by atoms with E-state index in [4.69, 9.17) is 0 Å². The summed E-state index contributed by atoms with van der Waals surface area (Å²) >= 11 is 5.21. The minimum atomic E-state index is 0.284. The Morgan fingerprint density at radius 3 is 3.00 bits per heavy atom. The summed E-state index contributed by atoms with van der Waals surface area (Å²) in [6.07, 6.45) is 1.67. The first-order chi connectivity index (χ1) is 9.10. The molecule has 0 unspecified atom stereocenters. The molecule has 1 N–H and O–H groups in total. The summed E-state index contributed by atoms with van der Waals surface area (Å²) in [4.78, 5) is 13.7. The highest BCUT2D eigenvalue weighted by molar-refractivity contribution is 9.11. The molecule has 1 aliphatic heterocycles. The molecule has 106 valence electrons. The van der Waals surface area contributed by atoms with E-state index < -0.39 is 0 Å². The fourth-order valence-corrected chi connectivity index (χ4v) is 3.80. The number of amides is 1. The Kier molecular flexibility index (Phi) is 5.42. The van der Waals surface area contributed by atoms with Gasteiger partial charge in [-0.1, -0.05) is 13.8 Å². The third kappa shape index (κ3) is 4.04. The maximum atomic E-state index is 11.7. The van der Waals surface area contributed by atoms with Crippen molar-refractivity contribution in [3.8, 4) is 0 Å². The third-order valence-corrected chi connectivity index (χ3v) is 5.30.